The largest absolute Gasteiger partial charge is 0.326 e. The monoisotopic (exact) mass is 344 g/mol. The molecule has 0 aliphatic heterocycles. The lowest BCUT2D eigenvalue weighted by atomic mass is 10.0. The van der Waals surface area contributed by atoms with E-state index in [-0.39, 0.29) is 5.91 Å². The third kappa shape index (κ3) is 5.08. The highest BCUT2D eigenvalue weighted by Gasteiger charge is 2.09. The van der Waals surface area contributed by atoms with Crippen LogP contribution in [0, 0.1) is 0 Å². The molecule has 2 N–H and O–H groups in total. The van der Waals surface area contributed by atoms with Gasteiger partial charge in [-0.1, -0.05) is 61.8 Å². The van der Waals surface area contributed by atoms with Crippen molar-refractivity contribution in [3.8, 4) is 0 Å². The number of hydrogen-bond donors (Lipinski definition) is 2. The SMILES string of the molecule is CCc1cccc(CC)c1NC(=O)CCNCc1ccccc1Cl. The minimum absolute atomic E-state index is 0.0391. The second-order valence-electron chi connectivity index (χ2n) is 5.72. The smallest absolute Gasteiger partial charge is 0.225 e. The number of hydrogen-bond acceptors (Lipinski definition) is 2. The summed E-state index contributed by atoms with van der Waals surface area (Å²) < 4.78 is 0. The molecule has 4 heteroatoms. The lowest BCUT2D eigenvalue weighted by molar-refractivity contribution is -0.116. The normalized spacial score (nSPS) is 10.6. The average Bonchev–Trinajstić information content (AvgIpc) is 2.60. The molecule has 0 unspecified atom stereocenters. The minimum Gasteiger partial charge on any atom is -0.326 e. The Morgan fingerprint density at radius 3 is 2.21 bits per heavy atom. The number of anilines is 1. The van der Waals surface area contributed by atoms with Crippen LogP contribution in [0.3, 0.4) is 0 Å². The Morgan fingerprint density at radius 2 is 1.58 bits per heavy atom. The predicted molar refractivity (Wildman–Crippen MR) is 102 cm³/mol. The Balaban J connectivity index is 1.85. The molecule has 0 saturated carbocycles. The maximum absolute atomic E-state index is 12.2. The summed E-state index contributed by atoms with van der Waals surface area (Å²) >= 11 is 6.12. The Kier molecular flexibility index (Phi) is 7.29. The van der Waals surface area contributed by atoms with Gasteiger partial charge in [0.2, 0.25) is 5.91 Å². The summed E-state index contributed by atoms with van der Waals surface area (Å²) in [5, 5.41) is 7.11. The van der Waals surface area contributed by atoms with Crippen LogP contribution in [0.2, 0.25) is 5.02 Å². The summed E-state index contributed by atoms with van der Waals surface area (Å²) in [5.41, 5.74) is 4.40. The van der Waals surface area contributed by atoms with Crippen molar-refractivity contribution < 1.29 is 4.79 Å². The average molecular weight is 345 g/mol. The molecule has 2 aromatic rings. The Morgan fingerprint density at radius 1 is 0.958 bits per heavy atom. The van der Waals surface area contributed by atoms with Crippen LogP contribution in [0.5, 0.6) is 0 Å². The first kappa shape index (κ1) is 18.5. The van der Waals surface area contributed by atoms with Crippen LogP contribution in [-0.4, -0.2) is 12.5 Å². The summed E-state index contributed by atoms with van der Waals surface area (Å²) in [4.78, 5) is 12.2. The van der Waals surface area contributed by atoms with Gasteiger partial charge in [-0.25, -0.2) is 0 Å². The van der Waals surface area contributed by atoms with Gasteiger partial charge < -0.3 is 10.6 Å². The third-order valence-electron chi connectivity index (χ3n) is 4.07. The molecular formula is C20H25ClN2O. The molecule has 2 aromatic carbocycles. The van der Waals surface area contributed by atoms with Crippen LogP contribution >= 0.6 is 11.6 Å². The minimum atomic E-state index is 0.0391. The second-order valence-corrected chi connectivity index (χ2v) is 6.13. The number of para-hydroxylation sites is 1. The first-order valence-corrected chi connectivity index (χ1v) is 8.88. The molecule has 0 radical (unpaired) electrons. The molecule has 24 heavy (non-hydrogen) atoms. The van der Waals surface area contributed by atoms with Crippen molar-refractivity contribution in [2.45, 2.75) is 39.7 Å². The highest BCUT2D eigenvalue weighted by molar-refractivity contribution is 6.31. The molecule has 1 amide bonds. The van der Waals surface area contributed by atoms with Gasteiger partial charge in [-0.15, -0.1) is 0 Å². The first-order valence-electron chi connectivity index (χ1n) is 8.50. The zero-order valence-corrected chi connectivity index (χ0v) is 15.1. The van der Waals surface area contributed by atoms with Gasteiger partial charge in [0.15, 0.2) is 0 Å². The third-order valence-corrected chi connectivity index (χ3v) is 4.43. The zero-order chi connectivity index (χ0) is 17.4. The van der Waals surface area contributed by atoms with Crippen LogP contribution in [0.4, 0.5) is 5.69 Å². The van der Waals surface area contributed by atoms with Gasteiger partial charge in [-0.3, -0.25) is 4.79 Å². The van der Waals surface area contributed by atoms with Gasteiger partial charge in [0.1, 0.15) is 0 Å². The number of halogens is 1. The van der Waals surface area contributed by atoms with Crippen LogP contribution in [-0.2, 0) is 24.2 Å². The summed E-state index contributed by atoms with van der Waals surface area (Å²) in [7, 11) is 0. The maximum atomic E-state index is 12.2. The van der Waals surface area contributed by atoms with Crippen molar-refractivity contribution in [3.05, 3.63) is 64.2 Å². The van der Waals surface area contributed by atoms with E-state index >= 15 is 0 Å². The summed E-state index contributed by atoms with van der Waals surface area (Å²) in [6.45, 7) is 5.50. The van der Waals surface area contributed by atoms with E-state index in [1.165, 1.54) is 11.1 Å². The van der Waals surface area contributed by atoms with Crippen molar-refractivity contribution in [2.75, 3.05) is 11.9 Å². The van der Waals surface area contributed by atoms with Crippen LogP contribution < -0.4 is 10.6 Å². The van der Waals surface area contributed by atoms with Gasteiger partial charge in [-0.2, -0.15) is 0 Å². The van der Waals surface area contributed by atoms with Crippen molar-refractivity contribution in [1.82, 2.24) is 5.32 Å². The summed E-state index contributed by atoms with van der Waals surface area (Å²) in [6, 6.07) is 13.9. The van der Waals surface area contributed by atoms with E-state index in [0.29, 0.717) is 19.5 Å². The number of rotatable bonds is 8. The number of nitrogens with one attached hydrogen (secondary N) is 2. The molecule has 0 atom stereocenters. The Labute approximate surface area is 149 Å². The Bertz CT molecular complexity index is 663. The van der Waals surface area contributed by atoms with E-state index in [1.807, 2.05) is 24.3 Å². The lowest BCUT2D eigenvalue weighted by Crippen LogP contribution is -2.22. The van der Waals surface area contributed by atoms with Gasteiger partial charge in [-0.05, 0) is 35.6 Å². The molecule has 0 aliphatic rings. The van der Waals surface area contributed by atoms with E-state index in [0.717, 1.165) is 29.1 Å². The molecular weight excluding hydrogens is 320 g/mol. The standard InChI is InChI=1S/C20H25ClN2O/c1-3-15-9-7-10-16(4-2)20(15)23-19(24)12-13-22-14-17-8-5-6-11-18(17)21/h5-11,22H,3-4,12-14H2,1-2H3,(H,23,24). The summed E-state index contributed by atoms with van der Waals surface area (Å²) in [6.07, 6.45) is 2.26. The second kappa shape index (κ2) is 9.45. The van der Waals surface area contributed by atoms with Crippen molar-refractivity contribution >= 4 is 23.2 Å². The van der Waals surface area contributed by atoms with Gasteiger partial charge >= 0.3 is 0 Å². The number of amides is 1. The van der Waals surface area contributed by atoms with Crippen molar-refractivity contribution in [3.63, 3.8) is 0 Å². The fourth-order valence-corrected chi connectivity index (χ4v) is 2.87. The van der Waals surface area contributed by atoms with Gasteiger partial charge in [0.25, 0.3) is 0 Å². The topological polar surface area (TPSA) is 41.1 Å². The summed E-state index contributed by atoms with van der Waals surface area (Å²) in [5.74, 6) is 0.0391. The number of aryl methyl sites for hydroxylation is 2. The number of carbonyl (C=O) groups excluding carboxylic acids is 1. The molecule has 0 spiro atoms. The number of benzene rings is 2. The zero-order valence-electron chi connectivity index (χ0n) is 14.4. The maximum Gasteiger partial charge on any atom is 0.225 e. The quantitative estimate of drug-likeness (QED) is 0.688. The first-order chi connectivity index (χ1) is 11.7. The highest BCUT2D eigenvalue weighted by Crippen LogP contribution is 2.22. The highest BCUT2D eigenvalue weighted by atomic mass is 35.5. The van der Waals surface area contributed by atoms with E-state index in [1.54, 1.807) is 0 Å². The molecule has 0 bridgehead atoms. The molecule has 0 fully saturated rings. The number of carbonyl (C=O) groups is 1. The van der Waals surface area contributed by atoms with Gasteiger partial charge in [0.05, 0.1) is 0 Å². The molecule has 0 heterocycles. The molecule has 2 rings (SSSR count). The molecule has 0 aliphatic carbocycles. The molecule has 128 valence electrons. The predicted octanol–water partition coefficient (Wildman–Crippen LogP) is 4.58. The Hall–Kier alpha value is -1.84. The van der Waals surface area contributed by atoms with E-state index < -0.39 is 0 Å². The van der Waals surface area contributed by atoms with Crippen molar-refractivity contribution in [2.24, 2.45) is 0 Å². The van der Waals surface area contributed by atoms with Crippen LogP contribution in [0.15, 0.2) is 42.5 Å². The van der Waals surface area contributed by atoms with E-state index in [4.69, 9.17) is 11.6 Å². The van der Waals surface area contributed by atoms with E-state index in [9.17, 15) is 4.79 Å². The molecule has 0 aromatic heterocycles. The van der Waals surface area contributed by atoms with Crippen LogP contribution in [0.25, 0.3) is 0 Å². The van der Waals surface area contributed by atoms with Gasteiger partial charge in [0, 0.05) is 30.2 Å². The lowest BCUT2D eigenvalue weighted by Gasteiger charge is -2.14. The molecule has 0 saturated heterocycles. The van der Waals surface area contributed by atoms with E-state index in [2.05, 4.69) is 42.7 Å². The fraction of sp³-hybridized carbons (Fsp3) is 0.350. The van der Waals surface area contributed by atoms with Crippen molar-refractivity contribution in [1.29, 1.82) is 0 Å². The van der Waals surface area contributed by atoms with Crippen LogP contribution in [0.1, 0.15) is 37.0 Å². The molecule has 3 nitrogen and oxygen atoms in total. The fourth-order valence-electron chi connectivity index (χ4n) is 2.67.